The van der Waals surface area contributed by atoms with Crippen molar-refractivity contribution < 1.29 is 9.47 Å². The number of rotatable bonds is 14. The van der Waals surface area contributed by atoms with E-state index in [1.807, 2.05) is 0 Å². The van der Waals surface area contributed by atoms with Crippen molar-refractivity contribution in [3.05, 3.63) is 59.7 Å². The molecule has 0 bridgehead atoms. The molecule has 0 saturated heterocycles. The Morgan fingerprint density at radius 2 is 1.10 bits per heavy atom. The van der Waals surface area contributed by atoms with E-state index in [0.29, 0.717) is 0 Å². The summed E-state index contributed by atoms with van der Waals surface area (Å²) in [4.78, 5) is 0. The summed E-state index contributed by atoms with van der Waals surface area (Å²) in [7, 11) is 3.48. The van der Waals surface area contributed by atoms with Gasteiger partial charge in [0, 0.05) is 0 Å². The Morgan fingerprint density at radius 3 is 1.48 bits per heavy atom. The second-order valence-corrected chi connectivity index (χ2v) is 21.8. The summed E-state index contributed by atoms with van der Waals surface area (Å²) < 4.78 is 16.9. The fourth-order valence-corrected chi connectivity index (χ4v) is 21.3. The van der Waals surface area contributed by atoms with E-state index in [0.717, 1.165) is 11.5 Å². The molecule has 0 aliphatic carbocycles. The van der Waals surface area contributed by atoms with Crippen molar-refractivity contribution in [1.29, 1.82) is 0 Å². The average Bonchev–Trinajstić information content (AvgIpc) is 2.83. The van der Waals surface area contributed by atoms with Gasteiger partial charge in [-0.15, -0.1) is 0 Å². The van der Waals surface area contributed by atoms with E-state index in [1.165, 1.54) is 63.0 Å². The molecule has 2 rings (SSSR count). The van der Waals surface area contributed by atoms with Crippen LogP contribution in [-0.2, 0) is 0 Å². The third kappa shape index (κ3) is 7.59. The first-order valence-corrected chi connectivity index (χ1v) is 19.6. The average molecular weight is 529 g/mol. The molecule has 0 aliphatic heterocycles. The zero-order valence-corrected chi connectivity index (χ0v) is 23.2. The summed E-state index contributed by atoms with van der Waals surface area (Å²) in [5, 5.41) is 0. The number of ether oxygens (including phenoxy) is 2. The Hall–Kier alpha value is -1.42. The van der Waals surface area contributed by atoms with Crippen molar-refractivity contribution in [2.24, 2.45) is 0 Å². The normalized spacial score (nSPS) is 12.1. The van der Waals surface area contributed by atoms with Crippen molar-refractivity contribution in [3.63, 3.8) is 0 Å². The standard InChI is InChI=1S/C16H15O2.3C4H9.Sn/c1-17-15-9-5-13(6-10-15)3-4-14-7-11-16(18-2)12-8-14;3*1-3-4-2;/h3,5-12H,1-2H3;3*1,3-4H2,2H3;. The maximum atomic E-state index is 5.46. The van der Waals surface area contributed by atoms with Crippen LogP contribution in [0.4, 0.5) is 0 Å². The van der Waals surface area contributed by atoms with Crippen molar-refractivity contribution >= 4 is 28.0 Å². The Kier molecular flexibility index (Phi) is 11.6. The van der Waals surface area contributed by atoms with E-state index in [2.05, 4.69) is 75.4 Å². The zero-order chi connectivity index (χ0) is 22.5. The van der Waals surface area contributed by atoms with E-state index in [9.17, 15) is 0 Å². The number of hydrogen-bond donors (Lipinski definition) is 0. The number of hydrogen-bond acceptors (Lipinski definition) is 2. The van der Waals surface area contributed by atoms with Crippen LogP contribution in [-0.4, -0.2) is 32.6 Å². The first kappa shape index (κ1) is 25.8. The molecule has 170 valence electrons. The van der Waals surface area contributed by atoms with Crippen LogP contribution in [0.15, 0.2) is 48.5 Å². The van der Waals surface area contributed by atoms with Crippen molar-refractivity contribution in [2.45, 2.75) is 72.6 Å². The van der Waals surface area contributed by atoms with Gasteiger partial charge < -0.3 is 0 Å². The van der Waals surface area contributed by atoms with Gasteiger partial charge in [-0.25, -0.2) is 0 Å². The Labute approximate surface area is 194 Å². The van der Waals surface area contributed by atoms with Gasteiger partial charge in [0.1, 0.15) is 0 Å². The molecule has 0 N–H and O–H groups in total. The third-order valence-corrected chi connectivity index (χ3v) is 22.1. The van der Waals surface area contributed by atoms with Gasteiger partial charge in [-0.05, 0) is 0 Å². The molecule has 0 radical (unpaired) electrons. The molecule has 0 aromatic heterocycles. The molecule has 2 aromatic rings. The van der Waals surface area contributed by atoms with Gasteiger partial charge in [0.25, 0.3) is 0 Å². The van der Waals surface area contributed by atoms with Gasteiger partial charge in [0.05, 0.1) is 0 Å². The van der Waals surface area contributed by atoms with Crippen molar-refractivity contribution in [2.75, 3.05) is 14.2 Å². The van der Waals surface area contributed by atoms with Gasteiger partial charge in [-0.3, -0.25) is 0 Å². The van der Waals surface area contributed by atoms with Crippen LogP contribution in [0, 0.1) is 0 Å². The van der Waals surface area contributed by atoms with Gasteiger partial charge in [-0.1, -0.05) is 0 Å². The predicted octanol–water partition coefficient (Wildman–Crippen LogP) is 8.63. The molecule has 0 aliphatic rings. The molecule has 0 spiro atoms. The first-order valence-electron chi connectivity index (χ1n) is 12.1. The minimum atomic E-state index is -2.63. The van der Waals surface area contributed by atoms with Gasteiger partial charge in [0.15, 0.2) is 0 Å². The Balaban J connectivity index is 2.62. The summed E-state index contributed by atoms with van der Waals surface area (Å²) in [6.07, 6.45) is 10.5. The quantitative estimate of drug-likeness (QED) is 0.180. The molecule has 2 aromatic carbocycles. The molecular weight excluding hydrogens is 487 g/mol. The molecular formula is C28H42O2Sn. The molecule has 0 saturated carbocycles. The van der Waals surface area contributed by atoms with E-state index >= 15 is 0 Å². The van der Waals surface area contributed by atoms with Crippen LogP contribution < -0.4 is 9.47 Å². The molecule has 2 nitrogen and oxygen atoms in total. The maximum absolute atomic E-state index is 5.46. The Morgan fingerprint density at radius 1 is 0.677 bits per heavy atom. The number of methoxy groups -OCH3 is 2. The molecule has 0 heterocycles. The predicted molar refractivity (Wildman–Crippen MR) is 139 cm³/mol. The first-order chi connectivity index (χ1) is 15.1. The van der Waals surface area contributed by atoms with E-state index < -0.39 is 18.4 Å². The molecule has 0 unspecified atom stereocenters. The summed E-state index contributed by atoms with van der Waals surface area (Å²) in [5.41, 5.74) is 2.70. The number of unbranched alkanes of at least 4 members (excludes halogenated alkanes) is 3. The Bertz CT molecular complexity index is 756. The summed E-state index contributed by atoms with van der Waals surface area (Å²) in [5.74, 6) is 1.85. The SMILES string of the molecule is CCC[CH2][Sn]([CH2]CCC)([CH2]CCC)/[C](=C/c1ccc(OC)cc1)c1ccc(OC)cc1. The second kappa shape index (κ2) is 13.9. The fourth-order valence-electron chi connectivity index (χ4n) is 4.50. The summed E-state index contributed by atoms with van der Waals surface area (Å²) in [6.45, 7) is 7.03. The molecule has 0 fully saturated rings. The van der Waals surface area contributed by atoms with Gasteiger partial charge >= 0.3 is 195 Å². The number of benzene rings is 2. The van der Waals surface area contributed by atoms with Crippen molar-refractivity contribution in [1.82, 2.24) is 0 Å². The monoisotopic (exact) mass is 530 g/mol. The fraction of sp³-hybridized carbons (Fsp3) is 0.500. The van der Waals surface area contributed by atoms with Crippen LogP contribution in [0.2, 0.25) is 13.3 Å². The van der Waals surface area contributed by atoms with Crippen molar-refractivity contribution in [3.8, 4) is 11.5 Å². The topological polar surface area (TPSA) is 18.5 Å². The molecule has 31 heavy (non-hydrogen) atoms. The molecule has 0 amide bonds. The van der Waals surface area contributed by atoms with Crippen LogP contribution in [0.5, 0.6) is 11.5 Å². The summed E-state index contributed by atoms with van der Waals surface area (Å²) in [6, 6.07) is 17.4. The van der Waals surface area contributed by atoms with E-state index in [1.54, 1.807) is 17.8 Å². The van der Waals surface area contributed by atoms with E-state index in [-0.39, 0.29) is 0 Å². The van der Waals surface area contributed by atoms with Crippen LogP contribution in [0.25, 0.3) is 9.67 Å². The minimum absolute atomic E-state index is 0.917. The zero-order valence-electron chi connectivity index (χ0n) is 20.4. The summed E-state index contributed by atoms with van der Waals surface area (Å²) >= 11 is -2.63. The van der Waals surface area contributed by atoms with Crippen LogP contribution in [0.3, 0.4) is 0 Å². The van der Waals surface area contributed by atoms with E-state index in [4.69, 9.17) is 9.47 Å². The van der Waals surface area contributed by atoms with Gasteiger partial charge in [-0.2, -0.15) is 0 Å². The second-order valence-electron chi connectivity index (χ2n) is 8.65. The van der Waals surface area contributed by atoms with Crippen LogP contribution >= 0.6 is 0 Å². The van der Waals surface area contributed by atoms with Crippen LogP contribution in [0.1, 0.15) is 70.4 Å². The third-order valence-electron chi connectivity index (χ3n) is 6.43. The molecule has 3 heteroatoms. The van der Waals surface area contributed by atoms with Gasteiger partial charge in [0.2, 0.25) is 0 Å². The molecule has 0 atom stereocenters.